The second-order valence-electron chi connectivity index (χ2n) is 4.42. The highest BCUT2D eigenvalue weighted by atomic mass is 35.5. The van der Waals surface area contributed by atoms with E-state index in [0.29, 0.717) is 12.3 Å². The molecule has 1 aliphatic rings. The lowest BCUT2D eigenvalue weighted by atomic mass is 9.99. The molecule has 1 atom stereocenters. The van der Waals surface area contributed by atoms with Crippen molar-refractivity contribution in [2.45, 2.75) is 32.3 Å². The minimum absolute atomic E-state index is 0.448. The highest BCUT2D eigenvalue weighted by Crippen LogP contribution is 2.20. The molecule has 2 rings (SSSR count). The maximum absolute atomic E-state index is 10.9. The number of hydrogen-bond donors (Lipinski definition) is 0. The molecule has 0 N–H and O–H groups in total. The number of carbonyl (C=O) groups excluding carboxylic acids is 1. The van der Waals surface area contributed by atoms with Crippen LogP contribution in [-0.4, -0.2) is 17.1 Å². The molecule has 1 aliphatic heterocycles. The van der Waals surface area contributed by atoms with E-state index < -0.39 is 11.3 Å². The third kappa shape index (κ3) is 2.67. The first-order valence-electron chi connectivity index (χ1n) is 5.60. The van der Waals surface area contributed by atoms with Gasteiger partial charge in [-0.05, 0) is 28.6 Å². The zero-order valence-electron chi connectivity index (χ0n) is 9.81. The molecule has 17 heavy (non-hydrogen) atoms. The van der Waals surface area contributed by atoms with Gasteiger partial charge in [0.2, 0.25) is 6.10 Å². The van der Waals surface area contributed by atoms with Gasteiger partial charge in [-0.1, -0.05) is 43.3 Å². The lowest BCUT2D eigenvalue weighted by molar-refractivity contribution is -0.120. The molecule has 0 saturated carbocycles. The van der Waals surface area contributed by atoms with Crippen molar-refractivity contribution in [3.63, 3.8) is 0 Å². The average Bonchev–Trinajstić information content (AvgIpc) is 2.78. The summed E-state index contributed by atoms with van der Waals surface area (Å²) < 4.78 is 0. The van der Waals surface area contributed by atoms with E-state index in [-0.39, 0.29) is 0 Å². The first kappa shape index (κ1) is 12.1. The van der Waals surface area contributed by atoms with Gasteiger partial charge in [0.25, 0.3) is 5.24 Å². The minimum atomic E-state index is -0.628. The van der Waals surface area contributed by atoms with E-state index >= 15 is 0 Å². The Bertz CT molecular complexity index is 451. The summed E-state index contributed by atoms with van der Waals surface area (Å²) in [6.07, 6.45) is -0.181. The van der Waals surface area contributed by atoms with Crippen LogP contribution in [0.15, 0.2) is 29.4 Å². The van der Waals surface area contributed by atoms with Gasteiger partial charge in [-0.15, -0.1) is 0 Å². The molecule has 0 spiro atoms. The lowest BCUT2D eigenvalue weighted by Gasteiger charge is -2.06. The summed E-state index contributed by atoms with van der Waals surface area (Å²) in [6, 6.07) is 8.13. The van der Waals surface area contributed by atoms with Crippen LogP contribution in [0.1, 0.15) is 37.3 Å². The Labute approximate surface area is 105 Å². The van der Waals surface area contributed by atoms with Gasteiger partial charge in [-0.2, -0.15) is 0 Å². The van der Waals surface area contributed by atoms with Crippen LogP contribution in [0.5, 0.6) is 0 Å². The zero-order chi connectivity index (χ0) is 12.4. The molecule has 0 bridgehead atoms. The van der Waals surface area contributed by atoms with Crippen LogP contribution >= 0.6 is 11.6 Å². The van der Waals surface area contributed by atoms with Crippen LogP contribution in [0.2, 0.25) is 0 Å². The van der Waals surface area contributed by atoms with Gasteiger partial charge in [-0.3, -0.25) is 4.79 Å². The van der Waals surface area contributed by atoms with Gasteiger partial charge in [0.1, 0.15) is 0 Å². The number of nitrogens with zero attached hydrogens (tertiary/aromatic N) is 1. The van der Waals surface area contributed by atoms with Crippen molar-refractivity contribution in [1.29, 1.82) is 0 Å². The first-order chi connectivity index (χ1) is 8.08. The Hall–Kier alpha value is -1.35. The largest absolute Gasteiger partial charge is 0.382 e. The number of carbonyl (C=O) groups is 1. The molecule has 3 nitrogen and oxygen atoms in total. The molecule has 0 radical (unpaired) electrons. The lowest BCUT2D eigenvalue weighted by Crippen LogP contribution is -2.15. The topological polar surface area (TPSA) is 38.7 Å². The Morgan fingerprint density at radius 3 is 2.53 bits per heavy atom. The molecular formula is C13H14ClNO2. The molecule has 0 amide bonds. The number of hydrogen-bond acceptors (Lipinski definition) is 3. The molecular weight excluding hydrogens is 238 g/mol. The molecule has 0 aliphatic carbocycles. The number of benzene rings is 1. The summed E-state index contributed by atoms with van der Waals surface area (Å²) in [6.45, 7) is 4.29. The van der Waals surface area contributed by atoms with E-state index in [1.807, 2.05) is 12.1 Å². The number of oxime groups is 1. The van der Waals surface area contributed by atoms with Crippen LogP contribution in [0.4, 0.5) is 0 Å². The van der Waals surface area contributed by atoms with Gasteiger partial charge in [0.05, 0.1) is 5.71 Å². The normalized spacial score (nSPS) is 19.1. The van der Waals surface area contributed by atoms with Gasteiger partial charge in [0, 0.05) is 6.42 Å². The molecule has 1 aromatic carbocycles. The second-order valence-corrected chi connectivity index (χ2v) is 4.79. The monoisotopic (exact) mass is 251 g/mol. The molecule has 90 valence electrons. The van der Waals surface area contributed by atoms with Crippen LogP contribution < -0.4 is 0 Å². The van der Waals surface area contributed by atoms with Gasteiger partial charge >= 0.3 is 0 Å². The predicted octanol–water partition coefficient (Wildman–Crippen LogP) is 3.07. The van der Waals surface area contributed by atoms with E-state index in [2.05, 4.69) is 31.1 Å². The van der Waals surface area contributed by atoms with Crippen LogP contribution in [0.3, 0.4) is 0 Å². The fraction of sp³-hybridized carbons (Fsp3) is 0.385. The Morgan fingerprint density at radius 2 is 2.06 bits per heavy atom. The quantitative estimate of drug-likeness (QED) is 0.775. The fourth-order valence-electron chi connectivity index (χ4n) is 1.73. The van der Waals surface area contributed by atoms with Gasteiger partial charge < -0.3 is 4.84 Å². The van der Waals surface area contributed by atoms with Gasteiger partial charge in [-0.25, -0.2) is 0 Å². The van der Waals surface area contributed by atoms with Crippen molar-refractivity contribution in [3.8, 4) is 0 Å². The second kappa shape index (κ2) is 4.88. The molecule has 0 fully saturated rings. The van der Waals surface area contributed by atoms with Crippen molar-refractivity contribution in [2.24, 2.45) is 5.16 Å². The predicted molar refractivity (Wildman–Crippen MR) is 67.4 cm³/mol. The van der Waals surface area contributed by atoms with Gasteiger partial charge in [0.15, 0.2) is 0 Å². The van der Waals surface area contributed by atoms with Crippen LogP contribution in [-0.2, 0) is 9.63 Å². The maximum atomic E-state index is 10.9. The molecule has 0 saturated heterocycles. The molecule has 4 heteroatoms. The summed E-state index contributed by atoms with van der Waals surface area (Å²) in [7, 11) is 0. The highest BCUT2D eigenvalue weighted by Gasteiger charge is 2.27. The van der Waals surface area contributed by atoms with Crippen LogP contribution in [0.25, 0.3) is 0 Å². The number of rotatable bonds is 3. The third-order valence-corrected chi connectivity index (χ3v) is 3.08. The molecule has 0 aromatic heterocycles. The minimum Gasteiger partial charge on any atom is -0.382 e. The molecule has 1 unspecified atom stereocenters. The van der Waals surface area contributed by atoms with E-state index in [0.717, 1.165) is 11.3 Å². The summed E-state index contributed by atoms with van der Waals surface area (Å²) in [5.41, 5.74) is 3.03. The smallest absolute Gasteiger partial charge is 0.265 e. The number of halogens is 1. The highest BCUT2D eigenvalue weighted by molar-refractivity contribution is 6.64. The fourth-order valence-corrected chi connectivity index (χ4v) is 1.85. The summed E-state index contributed by atoms with van der Waals surface area (Å²) in [5, 5.41) is 3.40. The van der Waals surface area contributed by atoms with Crippen molar-refractivity contribution >= 4 is 22.6 Å². The Kier molecular flexibility index (Phi) is 3.48. The zero-order valence-corrected chi connectivity index (χ0v) is 10.6. The summed E-state index contributed by atoms with van der Waals surface area (Å²) in [5.74, 6) is 0.503. The first-order valence-corrected chi connectivity index (χ1v) is 5.98. The summed E-state index contributed by atoms with van der Waals surface area (Å²) in [4.78, 5) is 15.9. The average molecular weight is 252 g/mol. The van der Waals surface area contributed by atoms with E-state index in [1.54, 1.807) is 0 Å². The molecule has 1 heterocycles. The van der Waals surface area contributed by atoms with Crippen molar-refractivity contribution in [1.82, 2.24) is 0 Å². The standard InChI is InChI=1S/C13H14ClNO2/c1-8(2)9-3-5-10(6-4-9)11-7-12(13(14)16)17-15-11/h3-6,8,12H,7H2,1-2H3. The van der Waals surface area contributed by atoms with E-state index in [1.165, 1.54) is 5.56 Å². The van der Waals surface area contributed by atoms with E-state index in [9.17, 15) is 4.79 Å². The summed E-state index contributed by atoms with van der Waals surface area (Å²) >= 11 is 5.37. The molecule has 1 aromatic rings. The Balaban J connectivity index is 2.12. The Morgan fingerprint density at radius 1 is 1.41 bits per heavy atom. The van der Waals surface area contributed by atoms with Crippen LogP contribution in [0, 0.1) is 0 Å². The van der Waals surface area contributed by atoms with Crippen molar-refractivity contribution in [2.75, 3.05) is 0 Å². The van der Waals surface area contributed by atoms with Crippen molar-refractivity contribution in [3.05, 3.63) is 35.4 Å². The van der Waals surface area contributed by atoms with Crippen molar-refractivity contribution < 1.29 is 9.63 Å². The SMILES string of the molecule is CC(C)c1ccc(C2=NOC(C(=O)Cl)C2)cc1. The maximum Gasteiger partial charge on any atom is 0.265 e. The third-order valence-electron chi connectivity index (χ3n) is 2.83. The van der Waals surface area contributed by atoms with E-state index in [4.69, 9.17) is 16.4 Å².